The van der Waals surface area contributed by atoms with E-state index < -0.39 is 17.9 Å². The summed E-state index contributed by atoms with van der Waals surface area (Å²) in [4.78, 5) is 38.5. The topological polar surface area (TPSA) is 78.5 Å². The number of carbonyl (C=O) groups excluding carboxylic acids is 3. The Morgan fingerprint density at radius 3 is 2.54 bits per heavy atom. The van der Waals surface area contributed by atoms with Gasteiger partial charge in [-0.3, -0.25) is 14.4 Å². The number of carbonyl (C=O) groups is 3. The van der Waals surface area contributed by atoms with Gasteiger partial charge in [0.1, 0.15) is 6.04 Å². The van der Waals surface area contributed by atoms with Crippen molar-refractivity contribution in [2.45, 2.75) is 19.5 Å². The van der Waals surface area contributed by atoms with Gasteiger partial charge in [0, 0.05) is 28.8 Å². The summed E-state index contributed by atoms with van der Waals surface area (Å²) in [7, 11) is 0. The molecule has 6 nitrogen and oxygen atoms in total. The zero-order valence-electron chi connectivity index (χ0n) is 14.2. The maximum Gasteiger partial charge on any atom is 0.310 e. The number of rotatable bonds is 4. The van der Waals surface area contributed by atoms with E-state index >= 15 is 0 Å². The Bertz CT molecular complexity index is 854. The molecule has 0 spiro atoms. The van der Waals surface area contributed by atoms with Crippen molar-refractivity contribution in [3.8, 4) is 0 Å². The second-order valence-corrected chi connectivity index (χ2v) is 6.78. The fourth-order valence-electron chi connectivity index (χ4n) is 2.93. The Hall–Kier alpha value is -2.67. The molecule has 1 aliphatic rings. The number of anilines is 1. The zero-order valence-corrected chi connectivity index (χ0v) is 15.7. The molecule has 3 rings (SSSR count). The van der Waals surface area contributed by atoms with Crippen LogP contribution in [0.25, 0.3) is 0 Å². The van der Waals surface area contributed by atoms with Crippen molar-refractivity contribution in [1.82, 2.24) is 10.6 Å². The van der Waals surface area contributed by atoms with Crippen molar-refractivity contribution in [1.29, 1.82) is 0 Å². The molecule has 3 amide bonds. The smallest absolute Gasteiger partial charge is 0.310 e. The molecule has 0 saturated heterocycles. The van der Waals surface area contributed by atoms with E-state index in [0.29, 0.717) is 12.1 Å². The summed E-state index contributed by atoms with van der Waals surface area (Å²) in [6.45, 7) is 2.59. The predicted octanol–water partition coefficient (Wildman–Crippen LogP) is 2.29. The molecular weight excluding hydrogens is 398 g/mol. The molecule has 7 heteroatoms. The van der Waals surface area contributed by atoms with Crippen molar-refractivity contribution in [3.05, 3.63) is 64.1 Å². The van der Waals surface area contributed by atoms with Gasteiger partial charge in [0.15, 0.2) is 0 Å². The average Bonchev–Trinajstić information content (AvgIpc) is 2.91. The lowest BCUT2D eigenvalue weighted by Crippen LogP contribution is -2.44. The minimum absolute atomic E-state index is 0.245. The fourth-order valence-corrected chi connectivity index (χ4v) is 3.31. The van der Waals surface area contributed by atoms with Crippen molar-refractivity contribution in [2.24, 2.45) is 0 Å². The van der Waals surface area contributed by atoms with E-state index in [9.17, 15) is 14.4 Å². The first-order valence-electron chi connectivity index (χ1n) is 8.24. The maximum absolute atomic E-state index is 12.6. The third kappa shape index (κ3) is 3.62. The predicted molar refractivity (Wildman–Crippen MR) is 101 cm³/mol. The zero-order chi connectivity index (χ0) is 18.7. The lowest BCUT2D eigenvalue weighted by molar-refractivity contribution is -0.140. The Labute approximate surface area is 159 Å². The highest BCUT2D eigenvalue weighted by molar-refractivity contribution is 9.10. The standard InChI is InChI=1S/C19H18BrN3O3/c1-2-23-15-9-8-13(20)10-14(15)16(19(23)26)22-18(25)17(24)21-11-12-6-4-3-5-7-12/h3-10,16H,2,11H2,1H3,(H,21,24)(H,22,25). The number of benzene rings is 2. The summed E-state index contributed by atoms with van der Waals surface area (Å²) in [6, 6.07) is 13.9. The molecule has 1 unspecified atom stereocenters. The number of hydrogen-bond donors (Lipinski definition) is 2. The quantitative estimate of drug-likeness (QED) is 0.751. The number of likely N-dealkylation sites (N-methyl/N-ethyl adjacent to an activating group) is 1. The number of amides is 3. The van der Waals surface area contributed by atoms with Gasteiger partial charge in [-0.15, -0.1) is 0 Å². The number of halogens is 1. The van der Waals surface area contributed by atoms with Gasteiger partial charge in [-0.2, -0.15) is 0 Å². The Balaban J connectivity index is 1.70. The van der Waals surface area contributed by atoms with E-state index in [1.807, 2.05) is 49.4 Å². The van der Waals surface area contributed by atoms with E-state index in [2.05, 4.69) is 26.6 Å². The highest BCUT2D eigenvalue weighted by Gasteiger charge is 2.38. The fraction of sp³-hybridized carbons (Fsp3) is 0.211. The van der Waals surface area contributed by atoms with E-state index in [4.69, 9.17) is 0 Å². The molecule has 2 aromatic carbocycles. The van der Waals surface area contributed by atoms with Crippen molar-refractivity contribution in [3.63, 3.8) is 0 Å². The molecule has 0 bridgehead atoms. The molecule has 1 atom stereocenters. The van der Waals surface area contributed by atoms with Gasteiger partial charge in [-0.1, -0.05) is 46.3 Å². The van der Waals surface area contributed by atoms with Crippen molar-refractivity contribution < 1.29 is 14.4 Å². The van der Waals surface area contributed by atoms with Gasteiger partial charge >= 0.3 is 11.8 Å². The minimum atomic E-state index is -0.863. The molecule has 26 heavy (non-hydrogen) atoms. The van der Waals surface area contributed by atoms with Crippen molar-refractivity contribution >= 4 is 39.3 Å². The van der Waals surface area contributed by atoms with Gasteiger partial charge in [0.2, 0.25) is 0 Å². The molecule has 134 valence electrons. The first kappa shape index (κ1) is 18.1. The summed E-state index contributed by atoms with van der Waals surface area (Å²) >= 11 is 3.38. The number of nitrogens with zero attached hydrogens (tertiary/aromatic N) is 1. The summed E-state index contributed by atoms with van der Waals surface area (Å²) in [5.74, 6) is -1.85. The van der Waals surface area contributed by atoms with Crippen LogP contribution in [-0.2, 0) is 20.9 Å². The average molecular weight is 416 g/mol. The number of nitrogens with one attached hydrogen (secondary N) is 2. The largest absolute Gasteiger partial charge is 0.344 e. The van der Waals surface area contributed by atoms with Gasteiger partial charge in [0.25, 0.3) is 5.91 Å². The summed E-state index contributed by atoms with van der Waals surface area (Å²) in [5, 5.41) is 5.11. The molecule has 1 heterocycles. The highest BCUT2D eigenvalue weighted by atomic mass is 79.9. The summed E-state index contributed by atoms with van der Waals surface area (Å²) in [5.41, 5.74) is 2.31. The Morgan fingerprint density at radius 1 is 1.12 bits per heavy atom. The minimum Gasteiger partial charge on any atom is -0.344 e. The Kier molecular flexibility index (Phi) is 5.37. The second kappa shape index (κ2) is 7.70. The number of hydrogen-bond acceptors (Lipinski definition) is 3. The number of fused-ring (bicyclic) bond motifs is 1. The van der Waals surface area contributed by atoms with Gasteiger partial charge in [-0.05, 0) is 30.7 Å². The van der Waals surface area contributed by atoms with Crippen LogP contribution >= 0.6 is 15.9 Å². The van der Waals surface area contributed by atoms with E-state index in [0.717, 1.165) is 15.7 Å². The van der Waals surface area contributed by atoms with Crippen LogP contribution in [0.5, 0.6) is 0 Å². The van der Waals surface area contributed by atoms with Crippen LogP contribution in [0.3, 0.4) is 0 Å². The molecule has 2 N–H and O–H groups in total. The van der Waals surface area contributed by atoms with Gasteiger partial charge < -0.3 is 15.5 Å². The molecule has 0 fully saturated rings. The monoisotopic (exact) mass is 415 g/mol. The first-order chi connectivity index (χ1) is 12.5. The third-order valence-electron chi connectivity index (χ3n) is 4.20. The van der Waals surface area contributed by atoms with E-state index in [1.54, 1.807) is 11.0 Å². The maximum atomic E-state index is 12.6. The lowest BCUT2D eigenvalue weighted by atomic mass is 10.1. The van der Waals surface area contributed by atoms with Crippen LogP contribution in [0.1, 0.15) is 24.1 Å². The van der Waals surface area contributed by atoms with Crippen molar-refractivity contribution in [2.75, 3.05) is 11.4 Å². The van der Waals surface area contributed by atoms with Gasteiger partial charge in [-0.25, -0.2) is 0 Å². The van der Waals surface area contributed by atoms with Crippen LogP contribution in [0, 0.1) is 0 Å². The molecular formula is C19H18BrN3O3. The van der Waals surface area contributed by atoms with E-state index in [-0.39, 0.29) is 12.5 Å². The third-order valence-corrected chi connectivity index (χ3v) is 4.69. The van der Waals surface area contributed by atoms with Crippen LogP contribution in [0.15, 0.2) is 53.0 Å². The molecule has 2 aromatic rings. The Morgan fingerprint density at radius 2 is 1.85 bits per heavy atom. The van der Waals surface area contributed by atoms with Crippen LogP contribution < -0.4 is 15.5 Å². The first-order valence-corrected chi connectivity index (χ1v) is 9.04. The molecule has 0 aliphatic carbocycles. The molecule has 0 radical (unpaired) electrons. The normalized spacial score (nSPS) is 15.5. The van der Waals surface area contributed by atoms with Crippen LogP contribution in [-0.4, -0.2) is 24.3 Å². The summed E-state index contributed by atoms with van der Waals surface area (Å²) in [6.07, 6.45) is 0. The lowest BCUT2D eigenvalue weighted by Gasteiger charge is -2.15. The molecule has 0 saturated carbocycles. The summed E-state index contributed by atoms with van der Waals surface area (Å²) < 4.78 is 0.801. The van der Waals surface area contributed by atoms with Crippen LogP contribution in [0.4, 0.5) is 5.69 Å². The molecule has 0 aromatic heterocycles. The molecule has 1 aliphatic heterocycles. The van der Waals surface area contributed by atoms with Crippen LogP contribution in [0.2, 0.25) is 0 Å². The second-order valence-electron chi connectivity index (χ2n) is 5.86. The van der Waals surface area contributed by atoms with E-state index in [1.165, 1.54) is 0 Å². The SMILES string of the molecule is CCN1C(=O)C(NC(=O)C(=O)NCc2ccccc2)c2cc(Br)ccc21. The highest BCUT2D eigenvalue weighted by Crippen LogP contribution is 2.37. The van der Waals surface area contributed by atoms with Gasteiger partial charge in [0.05, 0.1) is 0 Å².